The smallest absolute Gasteiger partial charge is 0.338 e. The summed E-state index contributed by atoms with van der Waals surface area (Å²) in [6, 6.07) is 12.2. The van der Waals surface area contributed by atoms with Crippen molar-refractivity contribution in [3.05, 3.63) is 59.9 Å². The van der Waals surface area contributed by atoms with Crippen LogP contribution in [-0.2, 0) is 9.53 Å². The lowest BCUT2D eigenvalue weighted by Crippen LogP contribution is -2.15. The molecule has 0 unspecified atom stereocenters. The second-order valence-electron chi connectivity index (χ2n) is 5.49. The monoisotopic (exact) mass is 401 g/mol. The van der Waals surface area contributed by atoms with Crippen LogP contribution in [0.5, 0.6) is 0 Å². The SMILES string of the molecule is CCOC(=O)c1ccc(NC(=O)CSc2nnnn2-c2cccc(F)c2)cc1. The van der Waals surface area contributed by atoms with Crippen LogP contribution in [0, 0.1) is 5.82 Å². The Labute approximate surface area is 164 Å². The van der Waals surface area contributed by atoms with Gasteiger partial charge in [0.25, 0.3) is 0 Å². The van der Waals surface area contributed by atoms with Crippen LogP contribution in [0.1, 0.15) is 17.3 Å². The minimum absolute atomic E-state index is 0.0509. The second-order valence-corrected chi connectivity index (χ2v) is 6.43. The predicted octanol–water partition coefficient (Wildman–Crippen LogP) is 2.71. The first kappa shape index (κ1) is 19.5. The van der Waals surface area contributed by atoms with Gasteiger partial charge in [-0.1, -0.05) is 17.8 Å². The lowest BCUT2D eigenvalue weighted by Gasteiger charge is -2.07. The van der Waals surface area contributed by atoms with E-state index in [2.05, 4.69) is 20.8 Å². The number of carbonyl (C=O) groups excluding carboxylic acids is 2. The molecule has 2 aromatic carbocycles. The van der Waals surface area contributed by atoms with Gasteiger partial charge in [-0.3, -0.25) is 4.79 Å². The van der Waals surface area contributed by atoms with Gasteiger partial charge >= 0.3 is 5.97 Å². The Kier molecular flexibility index (Phi) is 6.33. The van der Waals surface area contributed by atoms with Gasteiger partial charge in [0.2, 0.25) is 11.1 Å². The van der Waals surface area contributed by atoms with Crippen molar-refractivity contribution in [1.82, 2.24) is 20.2 Å². The molecule has 0 saturated carbocycles. The third kappa shape index (κ3) is 4.92. The molecule has 0 aliphatic heterocycles. The number of rotatable bonds is 7. The van der Waals surface area contributed by atoms with Gasteiger partial charge in [0.1, 0.15) is 5.82 Å². The zero-order chi connectivity index (χ0) is 19.9. The molecule has 0 atom stereocenters. The van der Waals surface area contributed by atoms with Crippen molar-refractivity contribution in [2.24, 2.45) is 0 Å². The van der Waals surface area contributed by atoms with Crippen molar-refractivity contribution in [3.8, 4) is 5.69 Å². The molecule has 0 aliphatic carbocycles. The molecule has 1 heterocycles. The van der Waals surface area contributed by atoms with Gasteiger partial charge < -0.3 is 10.1 Å². The van der Waals surface area contributed by atoms with Crippen molar-refractivity contribution < 1.29 is 18.7 Å². The summed E-state index contributed by atoms with van der Waals surface area (Å²) in [5, 5.41) is 14.3. The maximum atomic E-state index is 13.4. The molecule has 144 valence electrons. The third-order valence-corrected chi connectivity index (χ3v) is 4.43. The summed E-state index contributed by atoms with van der Waals surface area (Å²) in [6.07, 6.45) is 0. The molecule has 10 heteroatoms. The maximum Gasteiger partial charge on any atom is 0.338 e. The normalized spacial score (nSPS) is 10.5. The van der Waals surface area contributed by atoms with Crippen LogP contribution >= 0.6 is 11.8 Å². The van der Waals surface area contributed by atoms with E-state index in [1.54, 1.807) is 43.3 Å². The minimum Gasteiger partial charge on any atom is -0.462 e. The van der Waals surface area contributed by atoms with E-state index in [4.69, 9.17) is 4.74 Å². The van der Waals surface area contributed by atoms with E-state index in [0.717, 1.165) is 11.8 Å². The van der Waals surface area contributed by atoms with Crippen LogP contribution < -0.4 is 5.32 Å². The van der Waals surface area contributed by atoms with Crippen LogP contribution in [0.4, 0.5) is 10.1 Å². The van der Waals surface area contributed by atoms with Crippen molar-refractivity contribution in [2.75, 3.05) is 17.7 Å². The highest BCUT2D eigenvalue weighted by Crippen LogP contribution is 2.19. The van der Waals surface area contributed by atoms with Gasteiger partial charge in [-0.25, -0.2) is 9.18 Å². The quantitative estimate of drug-likeness (QED) is 0.480. The summed E-state index contributed by atoms with van der Waals surface area (Å²) in [5.41, 5.74) is 1.41. The van der Waals surface area contributed by atoms with Gasteiger partial charge in [-0.05, 0) is 59.8 Å². The minimum atomic E-state index is -0.417. The Morgan fingerprint density at radius 1 is 1.21 bits per heavy atom. The highest BCUT2D eigenvalue weighted by Gasteiger charge is 2.13. The number of tetrazole rings is 1. The number of nitrogens with one attached hydrogen (secondary N) is 1. The molecule has 0 radical (unpaired) electrons. The van der Waals surface area contributed by atoms with E-state index in [1.807, 2.05) is 0 Å². The molecule has 1 N–H and O–H groups in total. The summed E-state index contributed by atoms with van der Waals surface area (Å²) in [4.78, 5) is 23.8. The molecule has 8 nitrogen and oxygen atoms in total. The fraction of sp³-hybridized carbons (Fsp3) is 0.167. The Morgan fingerprint density at radius 2 is 2.00 bits per heavy atom. The number of nitrogens with zero attached hydrogens (tertiary/aromatic N) is 4. The van der Waals surface area contributed by atoms with Crippen LogP contribution in [0.15, 0.2) is 53.7 Å². The number of carbonyl (C=O) groups is 2. The lowest BCUT2D eigenvalue weighted by atomic mass is 10.2. The van der Waals surface area contributed by atoms with Crippen molar-refractivity contribution in [1.29, 1.82) is 0 Å². The second kappa shape index (κ2) is 9.09. The van der Waals surface area contributed by atoms with Crippen LogP contribution in [0.25, 0.3) is 5.69 Å². The fourth-order valence-corrected chi connectivity index (χ4v) is 2.96. The number of anilines is 1. The number of benzene rings is 2. The summed E-state index contributed by atoms with van der Waals surface area (Å²) in [6.45, 7) is 2.03. The number of ether oxygens (including phenoxy) is 1. The summed E-state index contributed by atoms with van der Waals surface area (Å²) in [5.74, 6) is -1.05. The zero-order valence-corrected chi connectivity index (χ0v) is 15.6. The number of thioether (sulfide) groups is 1. The standard InChI is InChI=1S/C18H16FN5O3S/c1-2-27-17(26)12-6-8-14(9-7-12)20-16(25)11-28-18-21-22-23-24(18)15-5-3-4-13(19)10-15/h3-10H,2,11H2,1H3,(H,20,25). The first-order valence-electron chi connectivity index (χ1n) is 8.31. The number of amides is 1. The number of aromatic nitrogens is 4. The van der Waals surface area contributed by atoms with E-state index in [9.17, 15) is 14.0 Å². The highest BCUT2D eigenvalue weighted by atomic mass is 32.2. The first-order chi connectivity index (χ1) is 13.6. The Morgan fingerprint density at radius 3 is 2.71 bits per heavy atom. The molecule has 0 bridgehead atoms. The van der Waals surface area contributed by atoms with E-state index >= 15 is 0 Å². The largest absolute Gasteiger partial charge is 0.462 e. The zero-order valence-electron chi connectivity index (χ0n) is 14.8. The van der Waals surface area contributed by atoms with Crippen LogP contribution in [0.3, 0.4) is 0 Å². The molecule has 28 heavy (non-hydrogen) atoms. The van der Waals surface area contributed by atoms with Gasteiger partial charge in [0.15, 0.2) is 0 Å². The number of halogens is 1. The van der Waals surface area contributed by atoms with Gasteiger partial charge in [0.05, 0.1) is 23.6 Å². The van der Waals surface area contributed by atoms with Crippen molar-refractivity contribution in [3.63, 3.8) is 0 Å². The topological polar surface area (TPSA) is 99.0 Å². The number of hydrogen-bond acceptors (Lipinski definition) is 7. The third-order valence-electron chi connectivity index (χ3n) is 3.51. The van der Waals surface area contributed by atoms with E-state index in [1.165, 1.54) is 16.8 Å². The van der Waals surface area contributed by atoms with E-state index < -0.39 is 11.8 Å². The van der Waals surface area contributed by atoms with Gasteiger partial charge in [-0.2, -0.15) is 4.68 Å². The fourth-order valence-electron chi connectivity index (χ4n) is 2.27. The van der Waals surface area contributed by atoms with Crippen LogP contribution in [-0.4, -0.2) is 44.4 Å². The van der Waals surface area contributed by atoms with Crippen molar-refractivity contribution in [2.45, 2.75) is 12.1 Å². The van der Waals surface area contributed by atoms with E-state index in [-0.39, 0.29) is 11.7 Å². The molecular formula is C18H16FN5O3S. The molecular weight excluding hydrogens is 385 g/mol. The average molecular weight is 401 g/mol. The Balaban J connectivity index is 1.58. The molecule has 1 amide bonds. The number of esters is 1. The lowest BCUT2D eigenvalue weighted by molar-refractivity contribution is -0.113. The van der Waals surface area contributed by atoms with E-state index in [0.29, 0.717) is 28.7 Å². The maximum absolute atomic E-state index is 13.4. The molecule has 3 aromatic rings. The molecule has 0 saturated heterocycles. The summed E-state index contributed by atoms with van der Waals surface area (Å²) in [7, 11) is 0. The Hall–Kier alpha value is -3.27. The summed E-state index contributed by atoms with van der Waals surface area (Å²) < 4.78 is 19.7. The number of hydrogen-bond donors (Lipinski definition) is 1. The molecule has 0 fully saturated rings. The Bertz CT molecular complexity index is 977. The average Bonchev–Trinajstić information content (AvgIpc) is 3.16. The summed E-state index contributed by atoms with van der Waals surface area (Å²) >= 11 is 1.11. The van der Waals surface area contributed by atoms with Crippen LogP contribution in [0.2, 0.25) is 0 Å². The van der Waals surface area contributed by atoms with Crippen molar-refractivity contribution >= 4 is 29.3 Å². The molecule has 3 rings (SSSR count). The first-order valence-corrected chi connectivity index (χ1v) is 9.29. The van der Waals surface area contributed by atoms with Gasteiger partial charge in [-0.15, -0.1) is 5.10 Å². The molecule has 1 aromatic heterocycles. The molecule has 0 aliphatic rings. The highest BCUT2D eigenvalue weighted by molar-refractivity contribution is 7.99. The van der Waals surface area contributed by atoms with Gasteiger partial charge in [0, 0.05) is 5.69 Å². The molecule has 0 spiro atoms. The predicted molar refractivity (Wildman–Crippen MR) is 101 cm³/mol.